The number of halogens is 1. The third-order valence-electron chi connectivity index (χ3n) is 2.37. The number of nitrogens with zero attached hydrogens (tertiary/aromatic N) is 2. The van der Waals surface area contributed by atoms with Crippen LogP contribution < -0.4 is 0 Å². The molecule has 0 aliphatic carbocycles. The van der Waals surface area contributed by atoms with Gasteiger partial charge < -0.3 is 9.64 Å². The van der Waals surface area contributed by atoms with E-state index in [0.717, 1.165) is 26.1 Å². The molecule has 0 aromatic carbocycles. The van der Waals surface area contributed by atoms with E-state index in [9.17, 15) is 0 Å². The molecule has 4 heteroatoms. The maximum Gasteiger partial charge on any atom is 0.0602 e. The Kier molecular flexibility index (Phi) is 7.14. The van der Waals surface area contributed by atoms with Crippen LogP contribution in [-0.4, -0.2) is 49.1 Å². The first-order valence-electron chi connectivity index (χ1n) is 5.54. The largest absolute Gasteiger partial charge is 0.379 e. The van der Waals surface area contributed by atoms with E-state index in [1.54, 1.807) is 0 Å². The minimum Gasteiger partial charge on any atom is -0.379 e. The Hall–Kier alpha value is -0.640. The van der Waals surface area contributed by atoms with Crippen molar-refractivity contribution < 1.29 is 4.74 Å². The maximum absolute atomic E-state index is 5.51. The Balaban J connectivity index is 2.08. The summed E-state index contributed by atoms with van der Waals surface area (Å²) in [6, 6.07) is 4.11. The minimum absolute atomic E-state index is 0.570. The van der Waals surface area contributed by atoms with Gasteiger partial charge in [0, 0.05) is 31.4 Å². The summed E-state index contributed by atoms with van der Waals surface area (Å²) in [5, 5.41) is 0. The van der Waals surface area contributed by atoms with Crippen molar-refractivity contribution in [1.29, 1.82) is 0 Å². The van der Waals surface area contributed by atoms with Crippen molar-refractivity contribution in [3.8, 4) is 0 Å². The lowest BCUT2D eigenvalue weighted by Gasteiger charge is -2.16. The summed E-state index contributed by atoms with van der Waals surface area (Å²) < 4.78 is 5.32. The number of hydrogen-bond acceptors (Lipinski definition) is 3. The van der Waals surface area contributed by atoms with Gasteiger partial charge in [-0.15, -0.1) is 11.6 Å². The maximum atomic E-state index is 5.51. The van der Waals surface area contributed by atoms with Gasteiger partial charge in [-0.2, -0.15) is 0 Å². The van der Waals surface area contributed by atoms with E-state index in [2.05, 4.69) is 29.1 Å². The lowest BCUT2D eigenvalue weighted by atomic mass is 10.2. The van der Waals surface area contributed by atoms with Gasteiger partial charge in [0.1, 0.15) is 0 Å². The highest BCUT2D eigenvalue weighted by atomic mass is 35.5. The Labute approximate surface area is 102 Å². The zero-order chi connectivity index (χ0) is 11.6. The number of pyridine rings is 1. The molecule has 3 nitrogen and oxygen atoms in total. The van der Waals surface area contributed by atoms with Gasteiger partial charge in [-0.25, -0.2) is 0 Å². The van der Waals surface area contributed by atoms with E-state index in [1.807, 2.05) is 12.4 Å². The van der Waals surface area contributed by atoms with Crippen LogP contribution in [0.1, 0.15) is 5.56 Å². The monoisotopic (exact) mass is 242 g/mol. The van der Waals surface area contributed by atoms with Crippen LogP contribution in [0.4, 0.5) is 0 Å². The topological polar surface area (TPSA) is 25.4 Å². The third kappa shape index (κ3) is 6.05. The summed E-state index contributed by atoms with van der Waals surface area (Å²) >= 11 is 5.51. The van der Waals surface area contributed by atoms with E-state index in [-0.39, 0.29) is 0 Å². The molecule has 0 bridgehead atoms. The number of rotatable bonds is 8. The molecule has 1 aromatic heterocycles. The van der Waals surface area contributed by atoms with E-state index in [4.69, 9.17) is 16.3 Å². The average molecular weight is 243 g/mol. The van der Waals surface area contributed by atoms with Crippen LogP contribution in [-0.2, 0) is 11.2 Å². The Morgan fingerprint density at radius 2 is 2.00 bits per heavy atom. The number of aromatic nitrogens is 1. The molecule has 0 fully saturated rings. The van der Waals surface area contributed by atoms with Crippen molar-refractivity contribution in [2.45, 2.75) is 6.42 Å². The second-order valence-electron chi connectivity index (χ2n) is 3.71. The van der Waals surface area contributed by atoms with E-state index in [1.165, 1.54) is 5.56 Å². The van der Waals surface area contributed by atoms with Gasteiger partial charge in [-0.1, -0.05) is 0 Å². The van der Waals surface area contributed by atoms with Crippen molar-refractivity contribution in [3.63, 3.8) is 0 Å². The molecule has 0 N–H and O–H groups in total. The molecule has 0 atom stereocenters. The Morgan fingerprint density at radius 3 is 2.69 bits per heavy atom. The highest BCUT2D eigenvalue weighted by Gasteiger charge is 1.99. The SMILES string of the molecule is CN(CCOCCCl)CCc1ccncc1. The van der Waals surface area contributed by atoms with Gasteiger partial charge in [-0.3, -0.25) is 4.98 Å². The third-order valence-corrected chi connectivity index (χ3v) is 2.52. The Bertz CT molecular complexity index is 269. The van der Waals surface area contributed by atoms with Crippen LogP contribution in [0.2, 0.25) is 0 Å². The molecule has 0 radical (unpaired) electrons. The summed E-state index contributed by atoms with van der Waals surface area (Å²) in [4.78, 5) is 6.26. The molecule has 0 amide bonds. The van der Waals surface area contributed by atoms with Crippen LogP contribution in [0.5, 0.6) is 0 Å². The van der Waals surface area contributed by atoms with Crippen LogP contribution >= 0.6 is 11.6 Å². The quantitative estimate of drug-likeness (QED) is 0.514. The number of alkyl halides is 1. The standard InChI is InChI=1S/C12H19ClN2O/c1-15(9-11-16-10-5-13)8-4-12-2-6-14-7-3-12/h2-3,6-7H,4-5,8-11H2,1H3. The molecular weight excluding hydrogens is 224 g/mol. The molecule has 1 heterocycles. The lowest BCUT2D eigenvalue weighted by Crippen LogP contribution is -2.25. The molecule has 16 heavy (non-hydrogen) atoms. The predicted molar refractivity (Wildman–Crippen MR) is 67.0 cm³/mol. The highest BCUT2D eigenvalue weighted by molar-refractivity contribution is 6.17. The van der Waals surface area contributed by atoms with E-state index in [0.29, 0.717) is 12.5 Å². The van der Waals surface area contributed by atoms with Crippen LogP contribution in [0.15, 0.2) is 24.5 Å². The normalized spacial score (nSPS) is 10.9. The van der Waals surface area contributed by atoms with Gasteiger partial charge >= 0.3 is 0 Å². The van der Waals surface area contributed by atoms with E-state index >= 15 is 0 Å². The lowest BCUT2D eigenvalue weighted by molar-refractivity contribution is 0.124. The summed E-state index contributed by atoms with van der Waals surface area (Å²) in [5.74, 6) is 0.570. The fourth-order valence-corrected chi connectivity index (χ4v) is 1.47. The first-order chi connectivity index (χ1) is 7.83. The van der Waals surface area contributed by atoms with Crippen LogP contribution in [0, 0.1) is 0 Å². The summed E-state index contributed by atoms with van der Waals surface area (Å²) in [6.07, 6.45) is 4.71. The number of ether oxygens (including phenoxy) is 1. The number of likely N-dealkylation sites (N-methyl/N-ethyl adjacent to an activating group) is 1. The Morgan fingerprint density at radius 1 is 1.25 bits per heavy atom. The molecule has 0 aliphatic heterocycles. The first kappa shape index (κ1) is 13.4. The van der Waals surface area contributed by atoms with Gasteiger partial charge in [0.15, 0.2) is 0 Å². The zero-order valence-electron chi connectivity index (χ0n) is 9.73. The molecule has 0 aliphatic rings. The van der Waals surface area contributed by atoms with Crippen molar-refractivity contribution in [1.82, 2.24) is 9.88 Å². The van der Waals surface area contributed by atoms with Crippen molar-refractivity contribution in [3.05, 3.63) is 30.1 Å². The smallest absolute Gasteiger partial charge is 0.0602 e. The van der Waals surface area contributed by atoms with Gasteiger partial charge in [0.05, 0.1) is 13.2 Å². The van der Waals surface area contributed by atoms with Crippen LogP contribution in [0.3, 0.4) is 0 Å². The van der Waals surface area contributed by atoms with E-state index < -0.39 is 0 Å². The van der Waals surface area contributed by atoms with Gasteiger partial charge in [0.25, 0.3) is 0 Å². The van der Waals surface area contributed by atoms with Crippen LogP contribution in [0.25, 0.3) is 0 Å². The molecule has 0 saturated carbocycles. The number of hydrogen-bond donors (Lipinski definition) is 0. The fraction of sp³-hybridized carbons (Fsp3) is 0.583. The van der Waals surface area contributed by atoms with Crippen molar-refractivity contribution in [2.24, 2.45) is 0 Å². The molecule has 0 spiro atoms. The average Bonchev–Trinajstić information content (AvgIpc) is 2.33. The molecular formula is C12H19ClN2O. The highest BCUT2D eigenvalue weighted by Crippen LogP contribution is 1.98. The molecule has 0 unspecified atom stereocenters. The first-order valence-corrected chi connectivity index (χ1v) is 6.07. The second-order valence-corrected chi connectivity index (χ2v) is 4.09. The van der Waals surface area contributed by atoms with Gasteiger partial charge in [0.2, 0.25) is 0 Å². The fourth-order valence-electron chi connectivity index (χ4n) is 1.36. The molecule has 1 aromatic rings. The predicted octanol–water partition coefficient (Wildman–Crippen LogP) is 1.81. The summed E-state index contributed by atoms with van der Waals surface area (Å²) in [6.45, 7) is 3.37. The summed E-state index contributed by atoms with van der Waals surface area (Å²) in [7, 11) is 2.10. The second kappa shape index (κ2) is 8.50. The van der Waals surface area contributed by atoms with Gasteiger partial charge in [-0.05, 0) is 31.2 Å². The van der Waals surface area contributed by atoms with Crippen molar-refractivity contribution >= 4 is 11.6 Å². The zero-order valence-corrected chi connectivity index (χ0v) is 10.5. The van der Waals surface area contributed by atoms with Crippen molar-refractivity contribution in [2.75, 3.05) is 39.2 Å². The summed E-state index contributed by atoms with van der Waals surface area (Å²) in [5.41, 5.74) is 1.32. The molecule has 0 saturated heterocycles. The molecule has 90 valence electrons. The molecule has 1 rings (SSSR count). The minimum atomic E-state index is 0.570.